The quantitative estimate of drug-likeness (QED) is 0.264. The third kappa shape index (κ3) is 8.79. The van der Waals surface area contributed by atoms with Crippen LogP contribution in [0.15, 0.2) is 12.2 Å². The molecule has 0 saturated carbocycles. The molecule has 0 radical (unpaired) electrons. The summed E-state index contributed by atoms with van der Waals surface area (Å²) in [5, 5.41) is 0. The molecule has 0 aromatic carbocycles. The average Bonchev–Trinajstić information content (AvgIpc) is 2.73. The van der Waals surface area contributed by atoms with Gasteiger partial charge in [0, 0.05) is 0 Å². The highest BCUT2D eigenvalue weighted by Gasteiger charge is 2.36. The zero-order chi connectivity index (χ0) is 20.8. The maximum Gasteiger partial charge on any atom is 0.310 e. The summed E-state index contributed by atoms with van der Waals surface area (Å²) in [5.41, 5.74) is 0. The number of ether oxygens (including phenoxy) is 2. The van der Waals surface area contributed by atoms with Crippen LogP contribution in [0.5, 0.6) is 0 Å². The number of hydrogen-bond acceptors (Lipinski definition) is 4. The van der Waals surface area contributed by atoms with E-state index in [9.17, 15) is 9.59 Å². The van der Waals surface area contributed by atoms with E-state index in [4.69, 9.17) is 9.47 Å². The molecular formula is C24H42O4. The van der Waals surface area contributed by atoms with Crippen LogP contribution in [0, 0.1) is 23.7 Å². The summed E-state index contributed by atoms with van der Waals surface area (Å²) in [7, 11) is 0. The molecule has 4 nitrogen and oxygen atoms in total. The van der Waals surface area contributed by atoms with Crippen molar-refractivity contribution in [2.75, 3.05) is 13.2 Å². The maximum absolute atomic E-state index is 12.7. The molecule has 162 valence electrons. The van der Waals surface area contributed by atoms with Gasteiger partial charge < -0.3 is 9.47 Å². The number of carbonyl (C=O) groups excluding carboxylic acids is 2. The van der Waals surface area contributed by atoms with Crippen molar-refractivity contribution in [1.29, 1.82) is 0 Å². The van der Waals surface area contributed by atoms with E-state index in [1.807, 2.05) is 12.2 Å². The lowest BCUT2D eigenvalue weighted by atomic mass is 9.83. The van der Waals surface area contributed by atoms with E-state index >= 15 is 0 Å². The molecule has 1 aliphatic carbocycles. The predicted octanol–water partition coefficient (Wildman–Crippen LogP) is 6.09. The van der Waals surface area contributed by atoms with Gasteiger partial charge in [-0.3, -0.25) is 9.59 Å². The molecule has 0 spiro atoms. The first-order chi connectivity index (χ1) is 13.6. The lowest BCUT2D eigenvalue weighted by Crippen LogP contribution is -2.35. The minimum Gasteiger partial charge on any atom is -0.465 e. The summed E-state index contributed by atoms with van der Waals surface area (Å²) < 4.78 is 11.3. The molecular weight excluding hydrogens is 352 g/mol. The Morgan fingerprint density at radius 3 is 1.50 bits per heavy atom. The molecule has 4 unspecified atom stereocenters. The predicted molar refractivity (Wildman–Crippen MR) is 114 cm³/mol. The fourth-order valence-electron chi connectivity index (χ4n) is 3.75. The minimum atomic E-state index is -0.406. The van der Waals surface area contributed by atoms with Crippen LogP contribution in [-0.2, 0) is 19.1 Å². The molecule has 0 aliphatic heterocycles. The van der Waals surface area contributed by atoms with Crippen molar-refractivity contribution < 1.29 is 19.1 Å². The molecule has 1 aliphatic rings. The SMILES string of the molecule is CCCCC(CC)COC(=O)C1CC=CCC1C(=O)OCC(CC)CCCC. The van der Waals surface area contributed by atoms with Gasteiger partial charge in [0.2, 0.25) is 0 Å². The van der Waals surface area contributed by atoms with Crippen molar-refractivity contribution in [3.63, 3.8) is 0 Å². The monoisotopic (exact) mass is 394 g/mol. The van der Waals surface area contributed by atoms with E-state index in [0.29, 0.717) is 37.9 Å². The number of esters is 2. The van der Waals surface area contributed by atoms with E-state index in [1.165, 1.54) is 0 Å². The van der Waals surface area contributed by atoms with Crippen molar-refractivity contribution >= 4 is 11.9 Å². The van der Waals surface area contributed by atoms with Crippen LogP contribution in [0.3, 0.4) is 0 Å². The Morgan fingerprint density at radius 1 is 0.786 bits per heavy atom. The van der Waals surface area contributed by atoms with E-state index in [1.54, 1.807) is 0 Å². The average molecular weight is 395 g/mol. The zero-order valence-electron chi connectivity index (χ0n) is 18.6. The van der Waals surface area contributed by atoms with Gasteiger partial charge in [-0.05, 0) is 37.5 Å². The van der Waals surface area contributed by atoms with Crippen LogP contribution in [0.1, 0.15) is 91.9 Å². The Morgan fingerprint density at radius 2 is 1.18 bits per heavy atom. The third-order valence-corrected chi connectivity index (χ3v) is 6.05. The lowest BCUT2D eigenvalue weighted by molar-refractivity contribution is -0.162. The zero-order valence-corrected chi connectivity index (χ0v) is 18.6. The van der Waals surface area contributed by atoms with E-state index in [-0.39, 0.29) is 11.9 Å². The Kier molecular flexibility index (Phi) is 12.9. The first-order valence-electron chi connectivity index (χ1n) is 11.5. The smallest absolute Gasteiger partial charge is 0.310 e. The normalized spacial score (nSPS) is 21.1. The Balaban J connectivity index is 2.56. The summed E-state index contributed by atoms with van der Waals surface area (Å²) in [6, 6.07) is 0. The standard InChI is InChI=1S/C24H42O4/c1-5-9-13-19(7-3)17-27-23(25)21-15-11-12-16-22(21)24(26)28-18-20(8-4)14-10-6-2/h11-12,19-22H,5-10,13-18H2,1-4H3. The summed E-state index contributed by atoms with van der Waals surface area (Å²) in [6.07, 6.45) is 13.9. The highest BCUT2D eigenvalue weighted by Crippen LogP contribution is 2.29. The van der Waals surface area contributed by atoms with Gasteiger partial charge in [0.15, 0.2) is 0 Å². The molecule has 0 N–H and O–H groups in total. The van der Waals surface area contributed by atoms with Gasteiger partial charge in [0.05, 0.1) is 25.0 Å². The number of rotatable bonds is 14. The molecule has 4 heteroatoms. The first kappa shape index (κ1) is 24.7. The summed E-state index contributed by atoms with van der Waals surface area (Å²) >= 11 is 0. The second kappa shape index (κ2) is 14.6. The second-order valence-electron chi connectivity index (χ2n) is 8.25. The molecule has 0 amide bonds. The number of hydrogen-bond donors (Lipinski definition) is 0. The molecule has 1 rings (SSSR count). The van der Waals surface area contributed by atoms with Gasteiger partial charge in [-0.2, -0.15) is 0 Å². The molecule has 0 aromatic rings. The van der Waals surface area contributed by atoms with Gasteiger partial charge in [-0.15, -0.1) is 0 Å². The summed E-state index contributed by atoms with van der Waals surface area (Å²) in [5.74, 6) is -0.457. The van der Waals surface area contributed by atoms with Gasteiger partial charge >= 0.3 is 11.9 Å². The van der Waals surface area contributed by atoms with Crippen molar-refractivity contribution in [3.05, 3.63) is 12.2 Å². The maximum atomic E-state index is 12.7. The van der Waals surface area contributed by atoms with Gasteiger partial charge in [-0.25, -0.2) is 0 Å². The molecule has 0 saturated heterocycles. The van der Waals surface area contributed by atoms with Gasteiger partial charge in [-0.1, -0.05) is 78.4 Å². The third-order valence-electron chi connectivity index (χ3n) is 6.05. The second-order valence-corrected chi connectivity index (χ2v) is 8.25. The van der Waals surface area contributed by atoms with Crippen LogP contribution in [0.4, 0.5) is 0 Å². The van der Waals surface area contributed by atoms with Crippen molar-refractivity contribution in [1.82, 2.24) is 0 Å². The Hall–Kier alpha value is -1.32. The van der Waals surface area contributed by atoms with Crippen molar-refractivity contribution in [3.8, 4) is 0 Å². The Bertz CT molecular complexity index is 429. The number of carbonyl (C=O) groups is 2. The van der Waals surface area contributed by atoms with Gasteiger partial charge in [0.1, 0.15) is 0 Å². The topological polar surface area (TPSA) is 52.6 Å². The van der Waals surface area contributed by atoms with Crippen molar-refractivity contribution in [2.45, 2.75) is 91.9 Å². The molecule has 4 atom stereocenters. The lowest BCUT2D eigenvalue weighted by Gasteiger charge is -2.27. The number of unbranched alkanes of at least 4 members (excludes halogenated alkanes) is 2. The van der Waals surface area contributed by atoms with E-state index in [2.05, 4.69) is 27.7 Å². The summed E-state index contributed by atoms with van der Waals surface area (Å²) in [4.78, 5) is 25.4. The number of allylic oxidation sites excluding steroid dienone is 2. The van der Waals surface area contributed by atoms with Crippen LogP contribution in [0.2, 0.25) is 0 Å². The van der Waals surface area contributed by atoms with Crippen LogP contribution < -0.4 is 0 Å². The van der Waals surface area contributed by atoms with Crippen LogP contribution in [0.25, 0.3) is 0 Å². The molecule has 0 fully saturated rings. The van der Waals surface area contributed by atoms with E-state index < -0.39 is 11.8 Å². The largest absolute Gasteiger partial charge is 0.465 e. The molecule has 0 aromatic heterocycles. The van der Waals surface area contributed by atoms with E-state index in [0.717, 1.165) is 51.4 Å². The fraction of sp³-hybridized carbons (Fsp3) is 0.833. The highest BCUT2D eigenvalue weighted by atomic mass is 16.5. The first-order valence-corrected chi connectivity index (χ1v) is 11.5. The van der Waals surface area contributed by atoms with Crippen LogP contribution in [-0.4, -0.2) is 25.2 Å². The minimum absolute atomic E-state index is 0.237. The summed E-state index contributed by atoms with van der Waals surface area (Å²) in [6.45, 7) is 9.56. The molecule has 0 heterocycles. The Labute approximate surface area is 172 Å². The fourth-order valence-corrected chi connectivity index (χ4v) is 3.75. The van der Waals surface area contributed by atoms with Gasteiger partial charge in [0.25, 0.3) is 0 Å². The van der Waals surface area contributed by atoms with Crippen molar-refractivity contribution in [2.24, 2.45) is 23.7 Å². The highest BCUT2D eigenvalue weighted by molar-refractivity contribution is 5.82. The van der Waals surface area contributed by atoms with Crippen LogP contribution >= 0.6 is 0 Å². The molecule has 0 bridgehead atoms. The molecule has 28 heavy (non-hydrogen) atoms.